The highest BCUT2D eigenvalue weighted by molar-refractivity contribution is 5.80. The smallest absolute Gasteiger partial charge is 0.325 e. The summed E-state index contributed by atoms with van der Waals surface area (Å²) in [5.74, 6) is -0.258. The van der Waals surface area contributed by atoms with Gasteiger partial charge in [-0.3, -0.25) is 10.1 Å². The van der Waals surface area contributed by atoms with Crippen LogP contribution in [0.4, 0.5) is 0 Å². The molecule has 1 heterocycles. The fourth-order valence-corrected chi connectivity index (χ4v) is 2.02. The average Bonchev–Trinajstić information content (AvgIpc) is 2.45. The Morgan fingerprint density at radius 2 is 2.15 bits per heavy atom. The molecule has 1 aromatic heterocycles. The summed E-state index contributed by atoms with van der Waals surface area (Å²) >= 11 is 0. The average molecular weight is 281 g/mol. The first-order valence-corrected chi connectivity index (χ1v) is 6.66. The van der Waals surface area contributed by atoms with Gasteiger partial charge in [-0.15, -0.1) is 0 Å². The predicted molar refractivity (Wildman–Crippen MR) is 75.5 cm³/mol. The molecule has 0 saturated heterocycles. The maximum atomic E-state index is 11.9. The quantitative estimate of drug-likeness (QED) is 0.766. The molecule has 6 heteroatoms. The SMILES string of the molecule is CCCC(C)(NCc1cnc(OC)nc1C)C(=O)OC. The van der Waals surface area contributed by atoms with E-state index >= 15 is 0 Å². The summed E-state index contributed by atoms with van der Waals surface area (Å²) < 4.78 is 9.84. The first-order chi connectivity index (χ1) is 9.46. The molecule has 112 valence electrons. The minimum absolute atomic E-state index is 0.258. The molecule has 0 amide bonds. The fourth-order valence-electron chi connectivity index (χ4n) is 2.02. The monoisotopic (exact) mass is 281 g/mol. The van der Waals surface area contributed by atoms with Gasteiger partial charge in [0.05, 0.1) is 14.2 Å². The Kier molecular flexibility index (Phi) is 5.88. The van der Waals surface area contributed by atoms with E-state index in [2.05, 4.69) is 15.3 Å². The largest absolute Gasteiger partial charge is 0.468 e. The van der Waals surface area contributed by atoms with Crippen LogP contribution < -0.4 is 10.1 Å². The summed E-state index contributed by atoms with van der Waals surface area (Å²) in [4.78, 5) is 20.2. The van der Waals surface area contributed by atoms with E-state index < -0.39 is 5.54 Å². The number of hydrogen-bond acceptors (Lipinski definition) is 6. The Balaban J connectivity index is 2.80. The van der Waals surface area contributed by atoms with Crippen molar-refractivity contribution >= 4 is 5.97 Å². The number of rotatable bonds is 7. The van der Waals surface area contributed by atoms with Crippen molar-refractivity contribution in [1.29, 1.82) is 0 Å². The van der Waals surface area contributed by atoms with Gasteiger partial charge in [0.25, 0.3) is 0 Å². The van der Waals surface area contributed by atoms with Crippen LogP contribution in [0.5, 0.6) is 6.01 Å². The number of methoxy groups -OCH3 is 2. The van der Waals surface area contributed by atoms with Crippen molar-refractivity contribution in [1.82, 2.24) is 15.3 Å². The maximum Gasteiger partial charge on any atom is 0.325 e. The Labute approximate surface area is 119 Å². The van der Waals surface area contributed by atoms with Crippen molar-refractivity contribution in [2.45, 2.75) is 45.7 Å². The molecule has 0 spiro atoms. The zero-order valence-corrected chi connectivity index (χ0v) is 12.8. The Hall–Kier alpha value is -1.69. The number of esters is 1. The van der Waals surface area contributed by atoms with E-state index in [-0.39, 0.29) is 5.97 Å². The third-order valence-corrected chi connectivity index (χ3v) is 3.30. The van der Waals surface area contributed by atoms with E-state index in [0.717, 1.165) is 17.7 Å². The van der Waals surface area contributed by atoms with E-state index in [1.54, 1.807) is 6.20 Å². The summed E-state index contributed by atoms with van der Waals surface area (Å²) in [5, 5.41) is 3.25. The molecular formula is C14H23N3O3. The van der Waals surface area contributed by atoms with Gasteiger partial charge in [-0.2, -0.15) is 0 Å². The van der Waals surface area contributed by atoms with Gasteiger partial charge in [0.1, 0.15) is 5.54 Å². The number of ether oxygens (including phenoxy) is 2. The summed E-state index contributed by atoms with van der Waals surface area (Å²) in [6.45, 7) is 6.27. The van der Waals surface area contributed by atoms with E-state index in [1.807, 2.05) is 20.8 Å². The van der Waals surface area contributed by atoms with Crippen molar-refractivity contribution in [3.05, 3.63) is 17.5 Å². The number of aryl methyl sites for hydroxylation is 1. The number of carbonyl (C=O) groups excluding carboxylic acids is 1. The molecule has 0 aliphatic heterocycles. The zero-order chi connectivity index (χ0) is 15.2. The van der Waals surface area contributed by atoms with Gasteiger partial charge in [-0.1, -0.05) is 13.3 Å². The lowest BCUT2D eigenvalue weighted by Crippen LogP contribution is -2.49. The highest BCUT2D eigenvalue weighted by atomic mass is 16.5. The molecule has 1 N–H and O–H groups in total. The van der Waals surface area contributed by atoms with Crippen LogP contribution in [0.25, 0.3) is 0 Å². The number of hydrogen-bond donors (Lipinski definition) is 1. The van der Waals surface area contributed by atoms with Crippen LogP contribution >= 0.6 is 0 Å². The molecule has 0 aromatic carbocycles. The molecule has 0 fully saturated rings. The predicted octanol–water partition coefficient (Wildman–Crippen LogP) is 1.62. The van der Waals surface area contributed by atoms with Crippen LogP contribution in [0.3, 0.4) is 0 Å². The molecule has 0 aliphatic rings. The van der Waals surface area contributed by atoms with Crippen molar-refractivity contribution < 1.29 is 14.3 Å². The second-order valence-electron chi connectivity index (χ2n) is 4.89. The molecule has 20 heavy (non-hydrogen) atoms. The molecule has 0 bridgehead atoms. The fraction of sp³-hybridized carbons (Fsp3) is 0.643. The third kappa shape index (κ3) is 3.90. The van der Waals surface area contributed by atoms with Gasteiger partial charge in [0, 0.05) is 24.0 Å². The first kappa shape index (κ1) is 16.4. The standard InChI is InChI=1S/C14H23N3O3/c1-6-7-14(3,12(18)19-4)16-9-11-8-15-13(20-5)17-10(11)2/h8,16H,6-7,9H2,1-5H3. The maximum absolute atomic E-state index is 11.9. The minimum atomic E-state index is -0.699. The van der Waals surface area contributed by atoms with Crippen molar-refractivity contribution in [2.75, 3.05) is 14.2 Å². The van der Waals surface area contributed by atoms with Crippen molar-refractivity contribution in [3.8, 4) is 6.01 Å². The zero-order valence-electron chi connectivity index (χ0n) is 12.8. The molecule has 0 aliphatic carbocycles. The molecule has 0 saturated carbocycles. The minimum Gasteiger partial charge on any atom is -0.468 e. The lowest BCUT2D eigenvalue weighted by molar-refractivity contribution is -0.148. The van der Waals surface area contributed by atoms with Crippen LogP contribution in [-0.4, -0.2) is 35.7 Å². The summed E-state index contributed by atoms with van der Waals surface area (Å²) in [6, 6.07) is 0.343. The van der Waals surface area contributed by atoms with Gasteiger partial charge >= 0.3 is 12.0 Å². The second kappa shape index (κ2) is 7.19. The van der Waals surface area contributed by atoms with E-state index in [9.17, 15) is 4.79 Å². The highest BCUT2D eigenvalue weighted by Crippen LogP contribution is 2.16. The van der Waals surface area contributed by atoms with Crippen LogP contribution in [0.15, 0.2) is 6.20 Å². The normalized spacial score (nSPS) is 13.7. The van der Waals surface area contributed by atoms with Gasteiger partial charge in [-0.05, 0) is 20.3 Å². The Bertz CT molecular complexity index is 465. The van der Waals surface area contributed by atoms with Crippen molar-refractivity contribution in [3.63, 3.8) is 0 Å². The Morgan fingerprint density at radius 3 is 2.65 bits per heavy atom. The number of nitrogens with one attached hydrogen (secondary N) is 1. The summed E-state index contributed by atoms with van der Waals surface area (Å²) in [5.41, 5.74) is 1.06. The van der Waals surface area contributed by atoms with Crippen molar-refractivity contribution in [2.24, 2.45) is 0 Å². The first-order valence-electron chi connectivity index (χ1n) is 6.66. The van der Waals surface area contributed by atoms with Crippen LogP contribution in [0.2, 0.25) is 0 Å². The van der Waals surface area contributed by atoms with Gasteiger partial charge in [0.15, 0.2) is 0 Å². The van der Waals surface area contributed by atoms with Crippen LogP contribution in [0.1, 0.15) is 37.9 Å². The molecule has 1 unspecified atom stereocenters. The van der Waals surface area contributed by atoms with E-state index in [1.165, 1.54) is 14.2 Å². The molecule has 0 radical (unpaired) electrons. The van der Waals surface area contributed by atoms with E-state index in [0.29, 0.717) is 19.0 Å². The number of aromatic nitrogens is 2. The van der Waals surface area contributed by atoms with E-state index in [4.69, 9.17) is 9.47 Å². The molecular weight excluding hydrogens is 258 g/mol. The third-order valence-electron chi connectivity index (χ3n) is 3.30. The summed E-state index contributed by atoms with van der Waals surface area (Å²) in [7, 11) is 2.93. The lowest BCUT2D eigenvalue weighted by atomic mass is 9.96. The second-order valence-corrected chi connectivity index (χ2v) is 4.89. The molecule has 1 rings (SSSR count). The van der Waals surface area contributed by atoms with Gasteiger partial charge in [0.2, 0.25) is 0 Å². The molecule has 1 aromatic rings. The van der Waals surface area contributed by atoms with Gasteiger partial charge in [-0.25, -0.2) is 9.97 Å². The Morgan fingerprint density at radius 1 is 1.45 bits per heavy atom. The number of carbonyl (C=O) groups is 1. The molecule has 6 nitrogen and oxygen atoms in total. The van der Waals surface area contributed by atoms with Crippen LogP contribution in [0, 0.1) is 6.92 Å². The lowest BCUT2D eigenvalue weighted by Gasteiger charge is -2.27. The topological polar surface area (TPSA) is 73.3 Å². The summed E-state index contributed by atoms with van der Waals surface area (Å²) in [6.07, 6.45) is 3.30. The number of nitrogens with zero attached hydrogens (tertiary/aromatic N) is 2. The van der Waals surface area contributed by atoms with Gasteiger partial charge < -0.3 is 9.47 Å². The van der Waals surface area contributed by atoms with Crippen LogP contribution in [-0.2, 0) is 16.1 Å². The molecule has 1 atom stereocenters. The highest BCUT2D eigenvalue weighted by Gasteiger charge is 2.32.